The van der Waals surface area contributed by atoms with E-state index in [0.717, 1.165) is 31.2 Å². The van der Waals surface area contributed by atoms with Crippen molar-refractivity contribution in [2.45, 2.75) is 44.6 Å². The second kappa shape index (κ2) is 5.05. The van der Waals surface area contributed by atoms with Gasteiger partial charge in [-0.05, 0) is 37.5 Å². The molecule has 1 aromatic carbocycles. The predicted octanol–water partition coefficient (Wildman–Crippen LogP) is 3.24. The van der Waals surface area contributed by atoms with Crippen LogP contribution >= 0.6 is 0 Å². The Balaban J connectivity index is 1.99. The molecule has 0 aromatic heterocycles. The summed E-state index contributed by atoms with van der Waals surface area (Å²) in [4.78, 5) is 0. The molecule has 0 unspecified atom stereocenters. The number of anilines is 1. The molecule has 0 atom stereocenters. The monoisotopic (exact) mass is 237 g/mol. The van der Waals surface area contributed by atoms with Crippen molar-refractivity contribution >= 4 is 5.69 Å². The van der Waals surface area contributed by atoms with E-state index in [2.05, 4.69) is 5.32 Å². The Morgan fingerprint density at radius 3 is 2.71 bits per heavy atom. The number of benzene rings is 1. The van der Waals surface area contributed by atoms with Crippen molar-refractivity contribution in [3.05, 3.63) is 29.6 Å². The van der Waals surface area contributed by atoms with Crippen LogP contribution in [0.3, 0.4) is 0 Å². The van der Waals surface area contributed by atoms with E-state index in [1.165, 1.54) is 12.5 Å². The van der Waals surface area contributed by atoms with Gasteiger partial charge in [-0.2, -0.15) is 0 Å². The highest BCUT2D eigenvalue weighted by Crippen LogP contribution is 2.28. The minimum atomic E-state index is -0.658. The average molecular weight is 237 g/mol. The Bertz CT molecular complexity index is 386. The van der Waals surface area contributed by atoms with Crippen molar-refractivity contribution in [2.75, 3.05) is 11.9 Å². The van der Waals surface area contributed by atoms with Crippen LogP contribution in [-0.4, -0.2) is 17.3 Å². The summed E-state index contributed by atoms with van der Waals surface area (Å²) in [5, 5.41) is 13.3. The van der Waals surface area contributed by atoms with Gasteiger partial charge in [-0.25, -0.2) is 4.39 Å². The highest BCUT2D eigenvalue weighted by atomic mass is 19.1. The highest BCUT2D eigenvalue weighted by Gasteiger charge is 2.28. The first kappa shape index (κ1) is 12.4. The lowest BCUT2D eigenvalue weighted by molar-refractivity contribution is 0.0167. The Morgan fingerprint density at radius 2 is 2.00 bits per heavy atom. The van der Waals surface area contributed by atoms with E-state index in [1.807, 2.05) is 6.92 Å². The number of halogens is 1. The van der Waals surface area contributed by atoms with Crippen LogP contribution in [0.1, 0.15) is 37.7 Å². The van der Waals surface area contributed by atoms with Crippen molar-refractivity contribution < 1.29 is 9.50 Å². The Hall–Kier alpha value is -1.09. The van der Waals surface area contributed by atoms with Crippen molar-refractivity contribution in [1.29, 1.82) is 0 Å². The van der Waals surface area contributed by atoms with Gasteiger partial charge < -0.3 is 10.4 Å². The van der Waals surface area contributed by atoms with Crippen LogP contribution in [0.15, 0.2) is 18.2 Å². The second-order valence-electron chi connectivity index (χ2n) is 5.12. The van der Waals surface area contributed by atoms with E-state index in [-0.39, 0.29) is 5.82 Å². The average Bonchev–Trinajstić information content (AvgIpc) is 2.31. The first-order chi connectivity index (χ1) is 8.09. The third-order valence-corrected chi connectivity index (χ3v) is 3.51. The maximum absolute atomic E-state index is 13.5. The lowest BCUT2D eigenvalue weighted by Crippen LogP contribution is -2.38. The van der Waals surface area contributed by atoms with Crippen molar-refractivity contribution in [3.8, 4) is 0 Å². The van der Waals surface area contributed by atoms with Gasteiger partial charge in [-0.15, -0.1) is 0 Å². The molecule has 1 fully saturated rings. The summed E-state index contributed by atoms with van der Waals surface area (Å²) in [5.74, 6) is -0.255. The molecule has 2 N–H and O–H groups in total. The summed E-state index contributed by atoms with van der Waals surface area (Å²) in [6.07, 6.45) is 4.95. The molecule has 0 amide bonds. The van der Waals surface area contributed by atoms with Crippen molar-refractivity contribution in [3.63, 3.8) is 0 Å². The highest BCUT2D eigenvalue weighted by molar-refractivity contribution is 5.47. The van der Waals surface area contributed by atoms with E-state index in [1.54, 1.807) is 12.1 Å². The lowest BCUT2D eigenvalue weighted by atomic mass is 9.85. The molecule has 1 saturated carbocycles. The van der Waals surface area contributed by atoms with Crippen molar-refractivity contribution in [2.24, 2.45) is 0 Å². The SMILES string of the molecule is Cc1ccc(F)c(NCC2(O)CCCCC2)c1. The fourth-order valence-electron chi connectivity index (χ4n) is 2.42. The van der Waals surface area contributed by atoms with Crippen LogP contribution < -0.4 is 5.32 Å². The summed E-state index contributed by atoms with van der Waals surface area (Å²) in [6, 6.07) is 4.99. The number of rotatable bonds is 3. The van der Waals surface area contributed by atoms with Gasteiger partial charge in [0, 0.05) is 6.54 Å². The fourth-order valence-corrected chi connectivity index (χ4v) is 2.42. The molecule has 0 saturated heterocycles. The summed E-state index contributed by atoms with van der Waals surface area (Å²) in [5.41, 5.74) is 0.850. The molecule has 0 aliphatic heterocycles. The van der Waals surface area contributed by atoms with E-state index in [9.17, 15) is 9.50 Å². The van der Waals surface area contributed by atoms with Gasteiger partial charge in [0.05, 0.1) is 11.3 Å². The molecule has 17 heavy (non-hydrogen) atoms. The number of aliphatic hydroxyl groups is 1. The van der Waals surface area contributed by atoms with Crippen LogP contribution in [0, 0.1) is 12.7 Å². The van der Waals surface area contributed by atoms with Crippen LogP contribution in [0.5, 0.6) is 0 Å². The van der Waals surface area contributed by atoms with Gasteiger partial charge in [0.1, 0.15) is 5.82 Å². The zero-order valence-corrected chi connectivity index (χ0v) is 10.3. The smallest absolute Gasteiger partial charge is 0.146 e. The van der Waals surface area contributed by atoms with Gasteiger partial charge >= 0.3 is 0 Å². The number of aryl methyl sites for hydroxylation is 1. The zero-order valence-electron chi connectivity index (χ0n) is 10.3. The van der Waals surface area contributed by atoms with Crippen LogP contribution in [0.25, 0.3) is 0 Å². The summed E-state index contributed by atoms with van der Waals surface area (Å²) >= 11 is 0. The molecule has 3 heteroatoms. The van der Waals surface area contributed by atoms with E-state index < -0.39 is 5.60 Å². The third-order valence-electron chi connectivity index (χ3n) is 3.51. The predicted molar refractivity (Wildman–Crippen MR) is 67.7 cm³/mol. The zero-order chi connectivity index (χ0) is 12.3. The van der Waals surface area contributed by atoms with Crippen LogP contribution in [-0.2, 0) is 0 Å². The Kier molecular flexibility index (Phi) is 3.67. The number of hydrogen-bond acceptors (Lipinski definition) is 2. The third kappa shape index (κ3) is 3.19. The largest absolute Gasteiger partial charge is 0.388 e. The molecule has 0 bridgehead atoms. The van der Waals surface area contributed by atoms with Crippen LogP contribution in [0.4, 0.5) is 10.1 Å². The second-order valence-corrected chi connectivity index (χ2v) is 5.12. The number of nitrogens with one attached hydrogen (secondary N) is 1. The summed E-state index contributed by atoms with van der Waals surface area (Å²) < 4.78 is 13.5. The molecule has 1 aliphatic carbocycles. The molecule has 1 aromatic rings. The van der Waals surface area contributed by atoms with Gasteiger partial charge in [0.2, 0.25) is 0 Å². The first-order valence-corrected chi connectivity index (χ1v) is 6.31. The molecule has 0 radical (unpaired) electrons. The minimum Gasteiger partial charge on any atom is -0.388 e. The van der Waals surface area contributed by atoms with E-state index in [0.29, 0.717) is 12.2 Å². The molecule has 2 rings (SSSR count). The summed E-state index contributed by atoms with van der Waals surface area (Å²) in [7, 11) is 0. The minimum absolute atomic E-state index is 0.255. The molecule has 1 aliphatic rings. The van der Waals surface area contributed by atoms with Gasteiger partial charge in [0.25, 0.3) is 0 Å². The van der Waals surface area contributed by atoms with Crippen molar-refractivity contribution in [1.82, 2.24) is 0 Å². The Labute approximate surface area is 102 Å². The normalized spacial score (nSPS) is 19.0. The summed E-state index contributed by atoms with van der Waals surface area (Å²) in [6.45, 7) is 2.37. The van der Waals surface area contributed by atoms with Gasteiger partial charge in [-0.3, -0.25) is 0 Å². The number of hydrogen-bond donors (Lipinski definition) is 2. The van der Waals surface area contributed by atoms with Gasteiger partial charge in [0.15, 0.2) is 0 Å². The maximum atomic E-state index is 13.5. The van der Waals surface area contributed by atoms with E-state index in [4.69, 9.17) is 0 Å². The molecular weight excluding hydrogens is 217 g/mol. The lowest BCUT2D eigenvalue weighted by Gasteiger charge is -2.32. The topological polar surface area (TPSA) is 32.3 Å². The van der Waals surface area contributed by atoms with Gasteiger partial charge in [-0.1, -0.05) is 25.3 Å². The first-order valence-electron chi connectivity index (χ1n) is 6.31. The molecule has 0 heterocycles. The Morgan fingerprint density at radius 1 is 1.29 bits per heavy atom. The fraction of sp³-hybridized carbons (Fsp3) is 0.571. The molecule has 94 valence electrons. The quantitative estimate of drug-likeness (QED) is 0.845. The molecule has 0 spiro atoms. The van der Waals surface area contributed by atoms with Crippen LogP contribution in [0.2, 0.25) is 0 Å². The molecular formula is C14H20FNO. The maximum Gasteiger partial charge on any atom is 0.146 e. The standard InChI is InChI=1S/C14H20FNO/c1-11-5-6-12(15)13(9-11)16-10-14(17)7-3-2-4-8-14/h5-6,9,16-17H,2-4,7-8,10H2,1H3. The van der Waals surface area contributed by atoms with E-state index >= 15 is 0 Å². The molecule has 2 nitrogen and oxygen atoms in total.